The first-order valence-corrected chi connectivity index (χ1v) is 6.06. The molecule has 19 heavy (non-hydrogen) atoms. The minimum absolute atomic E-state index is 0.164. The summed E-state index contributed by atoms with van der Waals surface area (Å²) in [5, 5.41) is 8.58. The molecule has 0 spiro atoms. The van der Waals surface area contributed by atoms with Gasteiger partial charge in [-0.2, -0.15) is 0 Å². The molecule has 1 aromatic carbocycles. The third kappa shape index (κ3) is 4.99. The highest BCUT2D eigenvalue weighted by Crippen LogP contribution is 2.19. The molecule has 1 amide bonds. The molecule has 1 aromatic rings. The number of carboxylic acid groups (broad SMARTS) is 1. The van der Waals surface area contributed by atoms with Gasteiger partial charge in [0.1, 0.15) is 12.3 Å². The Balaban J connectivity index is 2.43. The number of hydrogen-bond donors (Lipinski definition) is 1. The Morgan fingerprint density at radius 2 is 2.00 bits per heavy atom. The van der Waals surface area contributed by atoms with Crippen molar-refractivity contribution in [1.29, 1.82) is 0 Å². The van der Waals surface area contributed by atoms with Crippen LogP contribution in [0.2, 0.25) is 0 Å². The fraction of sp³-hybridized carbons (Fsp3) is 0.429. The first-order chi connectivity index (χ1) is 8.90. The van der Waals surface area contributed by atoms with Crippen LogP contribution in [-0.2, 0) is 9.59 Å². The molecule has 0 aromatic heterocycles. The SMILES string of the molecule is Cc1ccc(C)c(OCCC(=O)N(C)CC(=O)O)c1. The van der Waals surface area contributed by atoms with Gasteiger partial charge in [0.15, 0.2) is 0 Å². The number of carbonyl (C=O) groups is 2. The summed E-state index contributed by atoms with van der Waals surface area (Å²) < 4.78 is 5.55. The number of hydrogen-bond acceptors (Lipinski definition) is 3. The predicted octanol–water partition coefficient (Wildman–Crippen LogP) is 1.62. The Morgan fingerprint density at radius 1 is 1.32 bits per heavy atom. The minimum Gasteiger partial charge on any atom is -0.493 e. The van der Waals surface area contributed by atoms with Crippen LogP contribution in [0.4, 0.5) is 0 Å². The second-order valence-corrected chi connectivity index (χ2v) is 4.51. The lowest BCUT2D eigenvalue weighted by Gasteiger charge is -2.15. The fourth-order valence-corrected chi connectivity index (χ4v) is 1.59. The van der Waals surface area contributed by atoms with E-state index in [9.17, 15) is 9.59 Å². The van der Waals surface area contributed by atoms with E-state index in [4.69, 9.17) is 9.84 Å². The Kier molecular flexibility index (Phi) is 5.36. The molecule has 0 aliphatic rings. The van der Waals surface area contributed by atoms with E-state index in [0.29, 0.717) is 0 Å². The number of aliphatic carboxylic acids is 1. The van der Waals surface area contributed by atoms with Gasteiger partial charge in [-0.1, -0.05) is 12.1 Å². The number of nitrogens with zero attached hydrogens (tertiary/aromatic N) is 1. The van der Waals surface area contributed by atoms with E-state index in [1.54, 1.807) is 0 Å². The number of carbonyl (C=O) groups excluding carboxylic acids is 1. The van der Waals surface area contributed by atoms with Gasteiger partial charge in [-0.25, -0.2) is 0 Å². The third-order valence-corrected chi connectivity index (χ3v) is 2.72. The summed E-state index contributed by atoms with van der Waals surface area (Å²) in [6.07, 6.45) is 0.164. The smallest absolute Gasteiger partial charge is 0.323 e. The second-order valence-electron chi connectivity index (χ2n) is 4.51. The van der Waals surface area contributed by atoms with Gasteiger partial charge in [-0.05, 0) is 31.0 Å². The monoisotopic (exact) mass is 265 g/mol. The van der Waals surface area contributed by atoms with Gasteiger partial charge in [0, 0.05) is 7.05 Å². The van der Waals surface area contributed by atoms with Crippen LogP contribution < -0.4 is 4.74 Å². The van der Waals surface area contributed by atoms with Crippen molar-refractivity contribution in [2.24, 2.45) is 0 Å². The van der Waals surface area contributed by atoms with Gasteiger partial charge in [-0.3, -0.25) is 9.59 Å². The zero-order valence-corrected chi connectivity index (χ0v) is 11.5. The zero-order chi connectivity index (χ0) is 14.4. The topological polar surface area (TPSA) is 66.8 Å². The van der Waals surface area contributed by atoms with Crippen LogP contribution in [-0.4, -0.2) is 42.1 Å². The van der Waals surface area contributed by atoms with Crippen LogP contribution in [0.25, 0.3) is 0 Å². The van der Waals surface area contributed by atoms with Crippen molar-refractivity contribution in [3.05, 3.63) is 29.3 Å². The van der Waals surface area contributed by atoms with Crippen LogP contribution in [0.1, 0.15) is 17.5 Å². The number of benzene rings is 1. The molecule has 0 aliphatic carbocycles. The number of rotatable bonds is 6. The van der Waals surface area contributed by atoms with Crippen molar-refractivity contribution in [2.75, 3.05) is 20.2 Å². The summed E-state index contributed by atoms with van der Waals surface area (Å²) >= 11 is 0. The largest absolute Gasteiger partial charge is 0.493 e. The number of amides is 1. The van der Waals surface area contributed by atoms with Crippen molar-refractivity contribution in [1.82, 2.24) is 4.90 Å². The summed E-state index contributed by atoms with van der Waals surface area (Å²) in [5.41, 5.74) is 2.10. The van der Waals surface area contributed by atoms with Crippen molar-refractivity contribution in [3.8, 4) is 5.75 Å². The second kappa shape index (κ2) is 6.78. The molecule has 0 aliphatic heterocycles. The van der Waals surface area contributed by atoms with Gasteiger partial charge in [0.25, 0.3) is 0 Å². The molecule has 0 saturated heterocycles. The number of aryl methyl sites for hydroxylation is 2. The lowest BCUT2D eigenvalue weighted by atomic mass is 10.1. The van der Waals surface area contributed by atoms with Crippen LogP contribution in [0.3, 0.4) is 0 Å². The van der Waals surface area contributed by atoms with Crippen molar-refractivity contribution in [2.45, 2.75) is 20.3 Å². The summed E-state index contributed by atoms with van der Waals surface area (Å²) in [6.45, 7) is 3.86. The van der Waals surface area contributed by atoms with E-state index in [2.05, 4.69) is 0 Å². The van der Waals surface area contributed by atoms with E-state index in [1.807, 2.05) is 32.0 Å². The molecule has 0 unspecified atom stereocenters. The first-order valence-electron chi connectivity index (χ1n) is 6.06. The maximum atomic E-state index is 11.6. The zero-order valence-electron chi connectivity index (χ0n) is 11.5. The number of ether oxygens (including phenoxy) is 1. The minimum atomic E-state index is -1.02. The average Bonchev–Trinajstić information content (AvgIpc) is 2.32. The molecule has 104 valence electrons. The third-order valence-electron chi connectivity index (χ3n) is 2.72. The van der Waals surface area contributed by atoms with Crippen LogP contribution in [0.15, 0.2) is 18.2 Å². The molecule has 0 heterocycles. The molecule has 1 rings (SSSR count). The van der Waals surface area contributed by atoms with Crippen LogP contribution >= 0.6 is 0 Å². The number of likely N-dealkylation sites (N-methyl/N-ethyl adjacent to an activating group) is 1. The predicted molar refractivity (Wildman–Crippen MR) is 71.3 cm³/mol. The standard InChI is InChI=1S/C14H19NO4/c1-10-4-5-11(2)12(8-10)19-7-6-13(16)15(3)9-14(17)18/h4-5,8H,6-7,9H2,1-3H3,(H,17,18). The first kappa shape index (κ1) is 15.0. The summed E-state index contributed by atoms with van der Waals surface area (Å²) in [7, 11) is 1.47. The Morgan fingerprint density at radius 3 is 2.63 bits per heavy atom. The van der Waals surface area contributed by atoms with Crippen LogP contribution in [0.5, 0.6) is 5.75 Å². The van der Waals surface area contributed by atoms with Crippen molar-refractivity contribution in [3.63, 3.8) is 0 Å². The molecular weight excluding hydrogens is 246 g/mol. The van der Waals surface area contributed by atoms with Crippen LogP contribution in [0, 0.1) is 13.8 Å². The maximum Gasteiger partial charge on any atom is 0.323 e. The summed E-state index contributed by atoms with van der Waals surface area (Å²) in [6, 6.07) is 5.87. The van der Waals surface area contributed by atoms with Gasteiger partial charge in [-0.15, -0.1) is 0 Å². The lowest BCUT2D eigenvalue weighted by Crippen LogP contribution is -2.32. The van der Waals surface area contributed by atoms with Crippen molar-refractivity contribution >= 4 is 11.9 Å². The van der Waals surface area contributed by atoms with Gasteiger partial charge < -0.3 is 14.7 Å². The summed E-state index contributed by atoms with van der Waals surface area (Å²) in [4.78, 5) is 23.2. The Labute approximate surface area is 112 Å². The fourth-order valence-electron chi connectivity index (χ4n) is 1.59. The van der Waals surface area contributed by atoms with E-state index < -0.39 is 5.97 Å². The molecule has 5 heteroatoms. The summed E-state index contributed by atoms with van der Waals surface area (Å²) in [5.74, 6) is -0.507. The lowest BCUT2D eigenvalue weighted by molar-refractivity contribution is -0.143. The number of carboxylic acids is 1. The van der Waals surface area contributed by atoms with Gasteiger partial charge in [0.2, 0.25) is 5.91 Å². The maximum absolute atomic E-state index is 11.6. The van der Waals surface area contributed by atoms with Crippen molar-refractivity contribution < 1.29 is 19.4 Å². The normalized spacial score (nSPS) is 10.1. The molecule has 1 N–H and O–H groups in total. The Bertz CT molecular complexity index is 471. The molecule has 0 saturated carbocycles. The van der Waals surface area contributed by atoms with E-state index in [0.717, 1.165) is 16.9 Å². The molecule has 0 radical (unpaired) electrons. The Hall–Kier alpha value is -2.04. The average molecular weight is 265 g/mol. The van der Waals surface area contributed by atoms with E-state index in [-0.39, 0.29) is 25.5 Å². The van der Waals surface area contributed by atoms with E-state index in [1.165, 1.54) is 11.9 Å². The van der Waals surface area contributed by atoms with Gasteiger partial charge in [0.05, 0.1) is 13.0 Å². The molecule has 0 fully saturated rings. The highest BCUT2D eigenvalue weighted by atomic mass is 16.5. The highest BCUT2D eigenvalue weighted by molar-refractivity contribution is 5.81. The molecule has 0 bridgehead atoms. The molecule has 5 nitrogen and oxygen atoms in total. The van der Waals surface area contributed by atoms with E-state index >= 15 is 0 Å². The molecular formula is C14H19NO4. The van der Waals surface area contributed by atoms with Gasteiger partial charge >= 0.3 is 5.97 Å². The quantitative estimate of drug-likeness (QED) is 0.848. The molecule has 0 atom stereocenters. The highest BCUT2D eigenvalue weighted by Gasteiger charge is 2.12.